The summed E-state index contributed by atoms with van der Waals surface area (Å²) in [6, 6.07) is 9.78. The van der Waals surface area contributed by atoms with Crippen LogP contribution in [0.2, 0.25) is 0 Å². The van der Waals surface area contributed by atoms with E-state index in [1.807, 2.05) is 30.3 Å². The van der Waals surface area contributed by atoms with Gasteiger partial charge in [-0.1, -0.05) is 30.3 Å². The molecule has 0 bridgehead atoms. The predicted molar refractivity (Wildman–Crippen MR) is 64.2 cm³/mol. The number of hydrogen-bond acceptors (Lipinski definition) is 2. The van der Waals surface area contributed by atoms with E-state index in [2.05, 4.69) is 0 Å². The summed E-state index contributed by atoms with van der Waals surface area (Å²) in [4.78, 5) is 11.0. The van der Waals surface area contributed by atoms with Gasteiger partial charge in [-0.2, -0.15) is 0 Å². The average Bonchev–Trinajstić information content (AvgIpc) is 2.17. The number of carbonyl (C=O) groups is 1. The highest BCUT2D eigenvalue weighted by molar-refractivity contribution is 5.73. The van der Waals surface area contributed by atoms with Crippen molar-refractivity contribution in [2.75, 3.05) is 0 Å². The van der Waals surface area contributed by atoms with Gasteiger partial charge in [0, 0.05) is 6.04 Å². The van der Waals surface area contributed by atoms with Crippen LogP contribution in [-0.2, 0) is 11.2 Å². The van der Waals surface area contributed by atoms with Gasteiger partial charge in [-0.05, 0) is 32.3 Å². The number of hydrogen-bond donors (Lipinski definition) is 2. The van der Waals surface area contributed by atoms with E-state index in [1.54, 1.807) is 13.8 Å². The van der Waals surface area contributed by atoms with Crippen molar-refractivity contribution in [1.82, 2.24) is 0 Å². The van der Waals surface area contributed by atoms with Crippen LogP contribution in [0, 0.1) is 5.41 Å². The lowest BCUT2D eigenvalue weighted by molar-refractivity contribution is -0.147. The second-order valence-electron chi connectivity index (χ2n) is 4.84. The van der Waals surface area contributed by atoms with E-state index >= 15 is 0 Å². The number of carboxylic acid groups (broad SMARTS) is 1. The normalized spacial score (nSPS) is 13.4. The fraction of sp³-hybridized carbons (Fsp3) is 0.462. The third-order valence-electron chi connectivity index (χ3n) is 2.69. The van der Waals surface area contributed by atoms with Crippen molar-refractivity contribution >= 4 is 5.97 Å². The molecule has 0 saturated carbocycles. The molecule has 16 heavy (non-hydrogen) atoms. The number of benzene rings is 1. The van der Waals surface area contributed by atoms with Gasteiger partial charge in [0.25, 0.3) is 0 Å². The lowest BCUT2D eigenvalue weighted by Gasteiger charge is -2.23. The van der Waals surface area contributed by atoms with Crippen molar-refractivity contribution < 1.29 is 9.90 Å². The molecule has 0 heterocycles. The van der Waals surface area contributed by atoms with E-state index in [9.17, 15) is 4.79 Å². The molecular weight excluding hydrogens is 202 g/mol. The molecule has 0 amide bonds. The monoisotopic (exact) mass is 221 g/mol. The highest BCUT2D eigenvalue weighted by Crippen LogP contribution is 2.23. The fourth-order valence-electron chi connectivity index (χ4n) is 1.73. The Morgan fingerprint density at radius 3 is 2.44 bits per heavy atom. The largest absolute Gasteiger partial charge is 0.481 e. The zero-order valence-electron chi connectivity index (χ0n) is 9.81. The molecule has 0 aromatic heterocycles. The first-order valence-electron chi connectivity index (χ1n) is 5.45. The van der Waals surface area contributed by atoms with Gasteiger partial charge in [-0.15, -0.1) is 0 Å². The Balaban J connectivity index is 2.54. The summed E-state index contributed by atoms with van der Waals surface area (Å²) in [7, 11) is 0. The summed E-state index contributed by atoms with van der Waals surface area (Å²) >= 11 is 0. The molecule has 0 fully saturated rings. The number of rotatable bonds is 5. The van der Waals surface area contributed by atoms with Crippen LogP contribution in [0.4, 0.5) is 0 Å². The van der Waals surface area contributed by atoms with Gasteiger partial charge in [-0.3, -0.25) is 4.79 Å². The summed E-state index contributed by atoms with van der Waals surface area (Å²) in [5.41, 5.74) is 6.36. The maximum atomic E-state index is 11.0. The minimum atomic E-state index is -0.795. The Kier molecular flexibility index (Phi) is 4.07. The van der Waals surface area contributed by atoms with Gasteiger partial charge < -0.3 is 10.8 Å². The number of aliphatic carboxylic acids is 1. The Morgan fingerprint density at radius 1 is 1.38 bits per heavy atom. The Hall–Kier alpha value is -1.35. The van der Waals surface area contributed by atoms with E-state index in [4.69, 9.17) is 10.8 Å². The first-order chi connectivity index (χ1) is 7.42. The van der Waals surface area contributed by atoms with Gasteiger partial charge in [0.2, 0.25) is 0 Å². The quantitative estimate of drug-likeness (QED) is 0.800. The van der Waals surface area contributed by atoms with E-state index in [0.717, 1.165) is 12.0 Å². The molecule has 0 spiro atoms. The molecular formula is C13H19NO2. The molecule has 3 heteroatoms. The molecule has 1 atom stereocenters. The fourth-order valence-corrected chi connectivity index (χ4v) is 1.73. The van der Waals surface area contributed by atoms with Crippen LogP contribution in [-0.4, -0.2) is 17.1 Å². The van der Waals surface area contributed by atoms with Crippen molar-refractivity contribution in [3.05, 3.63) is 35.9 Å². The Bertz CT molecular complexity index is 346. The first kappa shape index (κ1) is 12.7. The molecule has 0 aliphatic heterocycles. The maximum absolute atomic E-state index is 11.0. The topological polar surface area (TPSA) is 63.3 Å². The number of carboxylic acids is 1. The highest BCUT2D eigenvalue weighted by Gasteiger charge is 2.29. The van der Waals surface area contributed by atoms with Crippen molar-refractivity contribution in [3.63, 3.8) is 0 Å². The standard InChI is InChI=1S/C13H19NO2/c1-13(2,12(15)16)9-11(14)8-10-6-4-3-5-7-10/h3-7,11H,8-9,14H2,1-2H3,(H,15,16). The summed E-state index contributed by atoms with van der Waals surface area (Å²) < 4.78 is 0. The molecule has 1 aromatic rings. The van der Waals surface area contributed by atoms with Crippen LogP contribution >= 0.6 is 0 Å². The van der Waals surface area contributed by atoms with Crippen molar-refractivity contribution in [2.24, 2.45) is 11.1 Å². The zero-order chi connectivity index (χ0) is 12.2. The van der Waals surface area contributed by atoms with E-state index in [0.29, 0.717) is 6.42 Å². The second-order valence-corrected chi connectivity index (χ2v) is 4.84. The molecule has 0 radical (unpaired) electrons. The molecule has 1 aromatic carbocycles. The van der Waals surface area contributed by atoms with Crippen molar-refractivity contribution in [1.29, 1.82) is 0 Å². The summed E-state index contributed by atoms with van der Waals surface area (Å²) in [6.07, 6.45) is 1.20. The number of nitrogens with two attached hydrogens (primary N) is 1. The lowest BCUT2D eigenvalue weighted by atomic mass is 9.84. The summed E-state index contributed by atoms with van der Waals surface area (Å²) in [5, 5.41) is 9.00. The molecule has 88 valence electrons. The van der Waals surface area contributed by atoms with Gasteiger partial charge >= 0.3 is 5.97 Å². The average molecular weight is 221 g/mol. The highest BCUT2D eigenvalue weighted by atomic mass is 16.4. The predicted octanol–water partition coefficient (Wildman–Crippen LogP) is 2.06. The van der Waals surface area contributed by atoms with Gasteiger partial charge in [0.05, 0.1) is 5.41 Å². The lowest BCUT2D eigenvalue weighted by Crippen LogP contribution is -2.34. The smallest absolute Gasteiger partial charge is 0.309 e. The molecule has 3 N–H and O–H groups in total. The van der Waals surface area contributed by atoms with E-state index in [1.165, 1.54) is 0 Å². The van der Waals surface area contributed by atoms with Gasteiger partial charge in [0.15, 0.2) is 0 Å². The minimum Gasteiger partial charge on any atom is -0.481 e. The van der Waals surface area contributed by atoms with Crippen LogP contribution in [0.5, 0.6) is 0 Å². The SMILES string of the molecule is CC(C)(CC(N)Cc1ccccc1)C(=O)O. The summed E-state index contributed by atoms with van der Waals surface area (Å²) in [5.74, 6) is -0.795. The molecule has 0 aliphatic rings. The third-order valence-corrected chi connectivity index (χ3v) is 2.69. The van der Waals surface area contributed by atoms with Crippen LogP contribution in [0.25, 0.3) is 0 Å². The molecule has 3 nitrogen and oxygen atoms in total. The Labute approximate surface area is 96.3 Å². The third kappa shape index (κ3) is 3.66. The second kappa shape index (κ2) is 5.12. The Morgan fingerprint density at radius 2 is 1.94 bits per heavy atom. The zero-order valence-corrected chi connectivity index (χ0v) is 9.81. The molecule has 1 unspecified atom stereocenters. The van der Waals surface area contributed by atoms with Crippen molar-refractivity contribution in [2.45, 2.75) is 32.7 Å². The van der Waals surface area contributed by atoms with Crippen molar-refractivity contribution in [3.8, 4) is 0 Å². The van der Waals surface area contributed by atoms with Crippen LogP contribution in [0.15, 0.2) is 30.3 Å². The minimum absolute atomic E-state index is 0.117. The van der Waals surface area contributed by atoms with E-state index in [-0.39, 0.29) is 6.04 Å². The van der Waals surface area contributed by atoms with Crippen LogP contribution in [0.3, 0.4) is 0 Å². The molecule has 0 aliphatic carbocycles. The van der Waals surface area contributed by atoms with Gasteiger partial charge in [0.1, 0.15) is 0 Å². The van der Waals surface area contributed by atoms with Gasteiger partial charge in [-0.25, -0.2) is 0 Å². The maximum Gasteiger partial charge on any atom is 0.309 e. The van der Waals surface area contributed by atoms with Crippen LogP contribution in [0.1, 0.15) is 25.8 Å². The summed E-state index contributed by atoms with van der Waals surface area (Å²) in [6.45, 7) is 3.42. The molecule has 0 saturated heterocycles. The van der Waals surface area contributed by atoms with Crippen LogP contribution < -0.4 is 5.73 Å². The van der Waals surface area contributed by atoms with E-state index < -0.39 is 11.4 Å². The molecule has 1 rings (SSSR count). The first-order valence-corrected chi connectivity index (χ1v) is 5.45.